The number of benzene rings is 4. The predicted molar refractivity (Wildman–Crippen MR) is 317 cm³/mol. The Kier molecular flexibility index (Phi) is 22.2. The third-order valence-corrected chi connectivity index (χ3v) is 16.1. The van der Waals surface area contributed by atoms with E-state index in [1.807, 2.05) is 0 Å². The fourth-order valence-electron chi connectivity index (χ4n) is 8.51. The van der Waals surface area contributed by atoms with E-state index in [0.717, 1.165) is 0 Å². The Morgan fingerprint density at radius 2 is 1.09 bits per heavy atom. The topological polar surface area (TPSA) is 261 Å². The number of ether oxygens (including phenoxy) is 4. The highest BCUT2D eigenvalue weighted by atomic mass is 79.9. The van der Waals surface area contributed by atoms with Gasteiger partial charge in [0.25, 0.3) is 11.1 Å². The Balaban J connectivity index is 0.000000219. The van der Waals surface area contributed by atoms with Gasteiger partial charge >= 0.3 is 28.1 Å². The number of aromatic nitrogens is 4. The third kappa shape index (κ3) is 15.0. The van der Waals surface area contributed by atoms with Gasteiger partial charge < -0.3 is 37.7 Å². The lowest BCUT2D eigenvalue weighted by Crippen LogP contribution is -2.41. The maximum atomic E-state index is 15.5. The molecule has 0 saturated heterocycles. The summed E-state index contributed by atoms with van der Waals surface area (Å²) in [4.78, 5) is 25.7. The van der Waals surface area contributed by atoms with Crippen molar-refractivity contribution in [2.75, 3.05) is 51.0 Å². The van der Waals surface area contributed by atoms with E-state index >= 15 is 4.39 Å². The zero-order valence-electron chi connectivity index (χ0n) is 43.8. The van der Waals surface area contributed by atoms with Crippen molar-refractivity contribution in [3.63, 3.8) is 0 Å². The zero-order chi connectivity index (χ0) is 57.5. The van der Waals surface area contributed by atoms with Gasteiger partial charge in [-0.25, -0.2) is 8.78 Å². The van der Waals surface area contributed by atoms with Crippen molar-refractivity contribution in [2.45, 2.75) is 25.9 Å². The van der Waals surface area contributed by atoms with Gasteiger partial charge in [-0.1, -0.05) is 45.6 Å². The summed E-state index contributed by atoms with van der Waals surface area (Å²) in [6.45, 7) is 0.220. The fraction of sp³-hybridized carbons (Fsp3) is 0.200. The van der Waals surface area contributed by atoms with Crippen LogP contribution in [0.1, 0.15) is 22.5 Å². The van der Waals surface area contributed by atoms with E-state index in [1.54, 1.807) is 48.5 Å². The molecular formula is C50H51BBrCl2F2N8O14P2S2. The van der Waals surface area contributed by atoms with Gasteiger partial charge in [-0.05, 0) is 75.1 Å². The normalized spacial score (nSPS) is 13.0. The molecule has 0 fully saturated rings. The minimum absolute atomic E-state index is 0. The van der Waals surface area contributed by atoms with Crippen LogP contribution in [0.4, 0.5) is 20.4 Å². The van der Waals surface area contributed by atoms with Gasteiger partial charge in [0.2, 0.25) is 0 Å². The summed E-state index contributed by atoms with van der Waals surface area (Å²) < 4.78 is 126. The van der Waals surface area contributed by atoms with Gasteiger partial charge in [-0.3, -0.25) is 28.2 Å². The molecule has 32 heteroatoms. The number of rotatable bonds is 15. The Morgan fingerprint density at radius 1 is 0.622 bits per heavy atom. The van der Waals surface area contributed by atoms with Crippen molar-refractivity contribution in [1.29, 1.82) is 0 Å². The van der Waals surface area contributed by atoms with Crippen molar-refractivity contribution in [2.24, 2.45) is 0 Å². The van der Waals surface area contributed by atoms with E-state index in [-0.39, 0.29) is 103 Å². The summed E-state index contributed by atoms with van der Waals surface area (Å²) >= 11 is 15.0. The van der Waals surface area contributed by atoms with Crippen molar-refractivity contribution < 1.29 is 63.3 Å². The average molecular weight is 1310 g/mol. The first-order chi connectivity index (χ1) is 38.2. The molecule has 0 saturated carbocycles. The van der Waals surface area contributed by atoms with Crippen LogP contribution in [0.15, 0.2) is 133 Å². The van der Waals surface area contributed by atoms with Crippen LogP contribution >= 0.6 is 58.9 Å². The molecule has 0 aliphatic carbocycles. The third-order valence-electron chi connectivity index (χ3n) is 12.1. The largest absolute Gasteiger partial charge is 0.569 e. The first-order valence-corrected chi connectivity index (χ1v) is 27.8. The van der Waals surface area contributed by atoms with Gasteiger partial charge in [-0.2, -0.15) is 45.2 Å². The SMILES string of the molecule is COc1cc(Br)c(F)cc1-n1c2c(ccc1=O)CN(S(=O)(=O)Nc1ccon1)CC2.COc1cc(Cl)cc(-c2cc(OC)c(-n3c4c(ccc3=O)CN(S(=O)(=O)Nc3ccon3)CC4)cc2F)c1.COc1cc(Cl)cc(O[B]O)c1.P.P. The maximum absolute atomic E-state index is 15.5. The molecule has 8 aromatic rings. The molecule has 6 heterocycles. The summed E-state index contributed by atoms with van der Waals surface area (Å²) in [5.41, 5.74) is 2.71. The first-order valence-electron chi connectivity index (χ1n) is 23.3. The zero-order valence-corrected chi connectivity index (χ0v) is 51.3. The second-order valence-corrected chi connectivity index (χ2v) is 22.0. The first kappa shape index (κ1) is 64.6. The van der Waals surface area contributed by atoms with Crippen LogP contribution in [0, 0.1) is 11.6 Å². The lowest BCUT2D eigenvalue weighted by Gasteiger charge is -2.30. The molecule has 3 N–H and O–H groups in total. The average Bonchev–Trinajstić information content (AvgIpc) is 4.28. The highest BCUT2D eigenvalue weighted by Gasteiger charge is 2.32. The van der Waals surface area contributed by atoms with Gasteiger partial charge in [0.05, 0.1) is 44.3 Å². The Hall–Kier alpha value is -6.58. The van der Waals surface area contributed by atoms with Gasteiger partial charge in [0.15, 0.2) is 11.6 Å². The molecule has 4 aromatic heterocycles. The molecule has 22 nitrogen and oxygen atoms in total. The van der Waals surface area contributed by atoms with E-state index in [9.17, 15) is 30.8 Å². The molecule has 82 heavy (non-hydrogen) atoms. The van der Waals surface area contributed by atoms with Crippen molar-refractivity contribution in [1.82, 2.24) is 28.1 Å². The minimum atomic E-state index is -3.93. The molecule has 2 unspecified atom stereocenters. The molecule has 2 aliphatic heterocycles. The summed E-state index contributed by atoms with van der Waals surface area (Å²) in [5.74, 6) is 1.000. The Labute approximate surface area is 494 Å². The molecule has 2 atom stereocenters. The lowest BCUT2D eigenvalue weighted by atomic mass is 10.0. The second-order valence-electron chi connectivity index (χ2n) is 17.0. The molecule has 435 valence electrons. The molecule has 1 radical (unpaired) electrons. The fourth-order valence-corrected chi connectivity index (χ4v) is 11.6. The number of anilines is 2. The summed E-state index contributed by atoms with van der Waals surface area (Å²) in [7, 11) is -1.37. The molecule has 4 aromatic carbocycles. The molecule has 10 rings (SSSR count). The van der Waals surface area contributed by atoms with Crippen molar-refractivity contribution in [3.05, 3.63) is 179 Å². The van der Waals surface area contributed by atoms with Gasteiger partial charge in [0.1, 0.15) is 52.9 Å². The summed E-state index contributed by atoms with van der Waals surface area (Å²) in [6, 6.07) is 23.6. The monoisotopic (exact) mass is 1310 g/mol. The minimum Gasteiger partial charge on any atom is -0.537 e. The van der Waals surface area contributed by atoms with Crippen LogP contribution in [0.25, 0.3) is 22.5 Å². The summed E-state index contributed by atoms with van der Waals surface area (Å²) in [5, 5.41) is 16.3. The van der Waals surface area contributed by atoms with Crippen LogP contribution in [-0.4, -0.2) is 99.1 Å². The second kappa shape index (κ2) is 28.1. The van der Waals surface area contributed by atoms with Crippen molar-refractivity contribution in [3.8, 4) is 51.2 Å². The number of fused-ring (bicyclic) bond motifs is 2. The number of nitrogens with one attached hydrogen (secondary N) is 2. The maximum Gasteiger partial charge on any atom is 0.569 e. The molecule has 2 aliphatic rings. The van der Waals surface area contributed by atoms with Crippen molar-refractivity contribution >= 4 is 98.7 Å². The Bertz CT molecular complexity index is 3920. The standard InChI is InChI=1S/C25H22ClFN4O6S.C18H16BrFN4O5S.C7H7BClO3.2H3P/c1-35-18-10-16(9-17(26)11-18)19-12-23(36-2)22(13-20(19)27)31-21-5-7-30(14-15(21)3-4-25(31)32)38(33,34)29-24-6-8-37-28-24;1-28-16-8-12(19)13(20)9-15(16)24-14-4-6-23(10-11(14)2-3-18(24)25)30(26,27)22-17-5-7-29-21-17;1-11-6-2-5(9)3-7(4-6)12-8-10;;/h3-4,6,8-13H,5,7,14H2,1-2H3,(H,28,29);2-3,5,7-9H,4,6,10H2,1H3,(H,21,22);2-4,10H,1H3;2*1H3. The van der Waals surface area contributed by atoms with E-state index in [2.05, 4.69) is 44.7 Å². The molecule has 0 bridgehead atoms. The smallest absolute Gasteiger partial charge is 0.537 e. The summed E-state index contributed by atoms with van der Waals surface area (Å²) in [6.07, 6.45) is 2.95. The Morgan fingerprint density at radius 3 is 1.55 bits per heavy atom. The highest BCUT2D eigenvalue weighted by Crippen LogP contribution is 2.37. The van der Waals surface area contributed by atoms with Crippen LogP contribution < -0.4 is 44.2 Å². The highest BCUT2D eigenvalue weighted by molar-refractivity contribution is 9.10. The molecule has 0 amide bonds. The number of hydrogen-bond donors (Lipinski definition) is 3. The number of halogens is 5. The van der Waals surface area contributed by atoms with E-state index < -0.39 is 37.6 Å². The quantitative estimate of drug-likeness (QED) is 0.0652. The van der Waals surface area contributed by atoms with E-state index in [1.165, 1.54) is 107 Å². The predicted octanol–water partition coefficient (Wildman–Crippen LogP) is 7.84. The number of nitrogens with zero attached hydrogens (tertiary/aromatic N) is 6. The lowest BCUT2D eigenvalue weighted by molar-refractivity contribution is 0.384. The van der Waals surface area contributed by atoms with Crippen LogP contribution in [0.5, 0.6) is 28.7 Å². The van der Waals surface area contributed by atoms with E-state index in [4.69, 9.17) is 51.8 Å². The molecular weight excluding hydrogens is 1260 g/mol. The van der Waals surface area contributed by atoms with Gasteiger partial charge in [-0.15, -0.1) is 0 Å². The number of methoxy groups -OCH3 is 4. The van der Waals surface area contributed by atoms with E-state index in [0.29, 0.717) is 68.8 Å². The molecule has 0 spiro atoms. The van der Waals surface area contributed by atoms with Crippen LogP contribution in [0.3, 0.4) is 0 Å². The number of hydrogen-bond acceptors (Lipinski definition) is 16. The van der Waals surface area contributed by atoms with Crippen LogP contribution in [-0.2, 0) is 46.3 Å². The number of pyridine rings is 2. The van der Waals surface area contributed by atoms with Crippen LogP contribution in [0.2, 0.25) is 10.0 Å². The van der Waals surface area contributed by atoms with Gasteiger partial charge in [0, 0.05) is 108 Å².